The van der Waals surface area contributed by atoms with Gasteiger partial charge in [-0.15, -0.1) is 0 Å². The standard InChI is InChI=1S/C14H15F6N3O2/c1-23(6-11(24)21-8-13(15,16)17)7-12(25)22-10-5-3-2-4-9(10)14(18,19)20/h2-5H,6-8H2,1H3,(H,21,24)(H,22,25). The number of nitrogens with one attached hydrogen (secondary N) is 2. The van der Waals surface area contributed by atoms with E-state index in [9.17, 15) is 35.9 Å². The Balaban J connectivity index is 2.56. The molecule has 0 aliphatic heterocycles. The van der Waals surface area contributed by atoms with Crippen LogP contribution in [0.2, 0.25) is 0 Å². The van der Waals surface area contributed by atoms with Crippen LogP contribution in [0.15, 0.2) is 24.3 Å². The van der Waals surface area contributed by atoms with E-state index < -0.39 is 55.1 Å². The Morgan fingerprint density at radius 1 is 1.00 bits per heavy atom. The van der Waals surface area contributed by atoms with Gasteiger partial charge in [0.05, 0.1) is 24.3 Å². The minimum atomic E-state index is -4.66. The first kappa shape index (κ1) is 20.7. The number of likely N-dealkylation sites (N-methyl/N-ethyl adjacent to an activating group) is 1. The third-order valence-electron chi connectivity index (χ3n) is 2.82. The van der Waals surface area contributed by atoms with Crippen molar-refractivity contribution in [2.45, 2.75) is 12.4 Å². The number of benzene rings is 1. The summed E-state index contributed by atoms with van der Waals surface area (Å²) < 4.78 is 74.3. The summed E-state index contributed by atoms with van der Waals surface area (Å²) in [6, 6.07) is 4.33. The normalized spacial score (nSPS) is 12.2. The Morgan fingerprint density at radius 2 is 1.56 bits per heavy atom. The van der Waals surface area contributed by atoms with Crippen molar-refractivity contribution in [1.29, 1.82) is 0 Å². The molecule has 0 bridgehead atoms. The highest BCUT2D eigenvalue weighted by Crippen LogP contribution is 2.34. The van der Waals surface area contributed by atoms with Gasteiger partial charge in [-0.2, -0.15) is 26.3 Å². The molecule has 0 fully saturated rings. The van der Waals surface area contributed by atoms with Crippen molar-refractivity contribution in [3.05, 3.63) is 29.8 Å². The number of hydrogen-bond donors (Lipinski definition) is 2. The van der Waals surface area contributed by atoms with Crippen LogP contribution < -0.4 is 10.6 Å². The molecule has 0 aliphatic carbocycles. The molecule has 0 atom stereocenters. The zero-order valence-corrected chi connectivity index (χ0v) is 13.0. The van der Waals surface area contributed by atoms with Crippen molar-refractivity contribution in [3.63, 3.8) is 0 Å². The first-order valence-electron chi connectivity index (χ1n) is 6.86. The van der Waals surface area contributed by atoms with Crippen molar-refractivity contribution in [2.75, 3.05) is 32.0 Å². The Labute approximate surface area is 139 Å². The van der Waals surface area contributed by atoms with Crippen LogP contribution in [0, 0.1) is 0 Å². The van der Waals surface area contributed by atoms with Crippen LogP contribution >= 0.6 is 0 Å². The Hall–Kier alpha value is -2.30. The lowest BCUT2D eigenvalue weighted by molar-refractivity contribution is -0.139. The van der Waals surface area contributed by atoms with Gasteiger partial charge in [0.1, 0.15) is 6.54 Å². The number of rotatable bonds is 6. The summed E-state index contributed by atoms with van der Waals surface area (Å²) in [5.74, 6) is -1.81. The highest BCUT2D eigenvalue weighted by molar-refractivity contribution is 5.93. The molecule has 0 aliphatic rings. The second-order valence-corrected chi connectivity index (χ2v) is 5.16. The number of anilines is 1. The average Bonchev–Trinajstić information content (AvgIpc) is 2.43. The van der Waals surface area contributed by atoms with Crippen molar-refractivity contribution in [3.8, 4) is 0 Å². The van der Waals surface area contributed by atoms with E-state index in [-0.39, 0.29) is 0 Å². The summed E-state index contributed by atoms with van der Waals surface area (Å²) in [7, 11) is 1.27. The molecule has 0 saturated carbocycles. The van der Waals surface area contributed by atoms with E-state index in [0.29, 0.717) is 0 Å². The predicted molar refractivity (Wildman–Crippen MR) is 76.6 cm³/mol. The first-order valence-corrected chi connectivity index (χ1v) is 6.86. The first-order chi connectivity index (χ1) is 11.4. The molecule has 1 aromatic rings. The SMILES string of the molecule is CN(CC(=O)NCC(F)(F)F)CC(=O)Nc1ccccc1C(F)(F)F. The fraction of sp³-hybridized carbons (Fsp3) is 0.429. The molecule has 1 aromatic carbocycles. The van der Waals surface area contributed by atoms with E-state index in [1.807, 2.05) is 0 Å². The van der Waals surface area contributed by atoms with Crippen molar-refractivity contribution in [2.24, 2.45) is 0 Å². The second-order valence-electron chi connectivity index (χ2n) is 5.16. The molecule has 0 radical (unpaired) electrons. The van der Waals surface area contributed by atoms with E-state index in [0.717, 1.165) is 23.1 Å². The summed E-state index contributed by atoms with van der Waals surface area (Å²) >= 11 is 0. The summed E-state index contributed by atoms with van der Waals surface area (Å²) in [6.45, 7) is -2.51. The van der Waals surface area contributed by atoms with E-state index >= 15 is 0 Å². The monoisotopic (exact) mass is 371 g/mol. The van der Waals surface area contributed by atoms with Crippen molar-refractivity contribution in [1.82, 2.24) is 10.2 Å². The van der Waals surface area contributed by atoms with Crippen LogP contribution in [0.4, 0.5) is 32.0 Å². The minimum Gasteiger partial charge on any atom is -0.346 e. The van der Waals surface area contributed by atoms with Gasteiger partial charge in [-0.1, -0.05) is 12.1 Å². The number of alkyl halides is 6. The van der Waals surface area contributed by atoms with Crippen LogP contribution in [-0.4, -0.2) is 49.6 Å². The largest absolute Gasteiger partial charge is 0.418 e. The summed E-state index contributed by atoms with van der Waals surface area (Å²) in [4.78, 5) is 24.1. The average molecular weight is 371 g/mol. The quantitative estimate of drug-likeness (QED) is 0.755. The summed E-state index contributed by atoms with van der Waals surface area (Å²) in [6.07, 6.45) is -9.22. The Bertz CT molecular complexity index is 615. The van der Waals surface area contributed by atoms with Gasteiger partial charge in [-0.25, -0.2) is 0 Å². The number of hydrogen-bond acceptors (Lipinski definition) is 3. The van der Waals surface area contributed by atoms with E-state index in [1.54, 1.807) is 5.32 Å². The molecule has 0 saturated heterocycles. The highest BCUT2D eigenvalue weighted by atomic mass is 19.4. The third kappa shape index (κ3) is 7.88. The molecule has 0 heterocycles. The van der Waals surface area contributed by atoms with Crippen LogP contribution in [0.3, 0.4) is 0 Å². The maximum absolute atomic E-state index is 12.8. The van der Waals surface area contributed by atoms with Gasteiger partial charge >= 0.3 is 12.4 Å². The van der Waals surface area contributed by atoms with Crippen LogP contribution in [0.5, 0.6) is 0 Å². The summed E-state index contributed by atoms with van der Waals surface area (Å²) in [5, 5.41) is 3.68. The molecule has 0 spiro atoms. The van der Waals surface area contributed by atoms with Crippen molar-refractivity contribution >= 4 is 17.5 Å². The van der Waals surface area contributed by atoms with Gasteiger partial charge in [0.25, 0.3) is 0 Å². The van der Waals surface area contributed by atoms with Gasteiger partial charge in [0.2, 0.25) is 11.8 Å². The number of halogens is 6. The molecule has 2 N–H and O–H groups in total. The second kappa shape index (κ2) is 8.19. The molecule has 2 amide bonds. The van der Waals surface area contributed by atoms with Crippen LogP contribution in [0.25, 0.3) is 0 Å². The third-order valence-corrected chi connectivity index (χ3v) is 2.82. The number of para-hydroxylation sites is 1. The molecule has 140 valence electrons. The zero-order chi connectivity index (χ0) is 19.3. The zero-order valence-electron chi connectivity index (χ0n) is 13.0. The van der Waals surface area contributed by atoms with E-state index in [1.165, 1.54) is 13.1 Å². The molecule has 11 heteroatoms. The fourth-order valence-corrected chi connectivity index (χ4v) is 1.83. The molecule has 5 nitrogen and oxygen atoms in total. The molecule has 0 aromatic heterocycles. The van der Waals surface area contributed by atoms with Crippen LogP contribution in [0.1, 0.15) is 5.56 Å². The number of carbonyl (C=O) groups is 2. The van der Waals surface area contributed by atoms with E-state index in [2.05, 4.69) is 5.32 Å². The van der Waals surface area contributed by atoms with Gasteiger partial charge in [-0.05, 0) is 19.2 Å². The molecular weight excluding hydrogens is 356 g/mol. The molecule has 0 unspecified atom stereocenters. The number of carbonyl (C=O) groups excluding carboxylic acids is 2. The Morgan fingerprint density at radius 3 is 2.12 bits per heavy atom. The lowest BCUT2D eigenvalue weighted by atomic mass is 10.1. The smallest absolute Gasteiger partial charge is 0.346 e. The highest BCUT2D eigenvalue weighted by Gasteiger charge is 2.33. The van der Waals surface area contributed by atoms with Crippen LogP contribution in [-0.2, 0) is 15.8 Å². The van der Waals surface area contributed by atoms with Crippen molar-refractivity contribution < 1.29 is 35.9 Å². The lowest BCUT2D eigenvalue weighted by Gasteiger charge is -2.18. The number of amides is 2. The minimum absolute atomic E-state index is 0.449. The van der Waals surface area contributed by atoms with Gasteiger partial charge < -0.3 is 10.6 Å². The number of nitrogens with zero attached hydrogens (tertiary/aromatic N) is 1. The summed E-state index contributed by atoms with van der Waals surface area (Å²) in [5.41, 5.74) is -1.48. The molecule has 25 heavy (non-hydrogen) atoms. The maximum Gasteiger partial charge on any atom is 0.418 e. The van der Waals surface area contributed by atoms with Gasteiger partial charge in [-0.3, -0.25) is 14.5 Å². The fourth-order valence-electron chi connectivity index (χ4n) is 1.83. The molecule has 1 rings (SSSR count). The maximum atomic E-state index is 12.8. The lowest BCUT2D eigenvalue weighted by Crippen LogP contribution is -2.42. The van der Waals surface area contributed by atoms with Gasteiger partial charge in [0, 0.05) is 0 Å². The van der Waals surface area contributed by atoms with Gasteiger partial charge in [0.15, 0.2) is 0 Å². The van der Waals surface area contributed by atoms with E-state index in [4.69, 9.17) is 0 Å². The Kier molecular flexibility index (Phi) is 6.79. The predicted octanol–water partition coefficient (Wildman–Crippen LogP) is 2.25. The molecular formula is C14H15F6N3O2. The topological polar surface area (TPSA) is 61.4 Å².